The van der Waals surface area contributed by atoms with Gasteiger partial charge < -0.3 is 15.7 Å². The lowest BCUT2D eigenvalue weighted by atomic mass is 10.1. The molecule has 0 fully saturated rings. The van der Waals surface area contributed by atoms with Crippen molar-refractivity contribution in [1.82, 2.24) is 15.6 Å². The molecule has 1 atom stereocenters. The molecule has 0 aliphatic carbocycles. The fourth-order valence-corrected chi connectivity index (χ4v) is 1.36. The molecule has 1 rings (SSSR count). The monoisotopic (exact) mass is 237 g/mol. The number of pyridine rings is 1. The highest BCUT2D eigenvalue weighted by atomic mass is 16.4. The van der Waals surface area contributed by atoms with Gasteiger partial charge in [-0.2, -0.15) is 0 Å². The molecule has 0 unspecified atom stereocenters. The SMILES string of the molecule is CNCC(=O)N[C@@H](Cc1cccnc1)C(=O)O. The largest absolute Gasteiger partial charge is 0.480 e. The second-order valence-corrected chi connectivity index (χ2v) is 3.55. The Morgan fingerprint density at radius 2 is 2.29 bits per heavy atom. The van der Waals surface area contributed by atoms with Crippen LogP contribution in [0.25, 0.3) is 0 Å². The van der Waals surface area contributed by atoms with Crippen LogP contribution < -0.4 is 10.6 Å². The molecule has 6 heteroatoms. The number of hydrogen-bond donors (Lipinski definition) is 3. The van der Waals surface area contributed by atoms with Crippen molar-refractivity contribution in [2.24, 2.45) is 0 Å². The number of amides is 1. The number of carboxylic acid groups (broad SMARTS) is 1. The summed E-state index contributed by atoms with van der Waals surface area (Å²) in [6.07, 6.45) is 3.41. The Morgan fingerprint density at radius 3 is 2.82 bits per heavy atom. The highest BCUT2D eigenvalue weighted by molar-refractivity contribution is 5.84. The van der Waals surface area contributed by atoms with E-state index in [0.29, 0.717) is 0 Å². The van der Waals surface area contributed by atoms with Gasteiger partial charge in [0.1, 0.15) is 6.04 Å². The summed E-state index contributed by atoms with van der Waals surface area (Å²) in [6.45, 7) is 0.0941. The minimum Gasteiger partial charge on any atom is -0.480 e. The van der Waals surface area contributed by atoms with Crippen molar-refractivity contribution in [2.45, 2.75) is 12.5 Å². The molecule has 3 N–H and O–H groups in total. The number of aliphatic carboxylic acids is 1. The van der Waals surface area contributed by atoms with Crippen LogP contribution in [0.2, 0.25) is 0 Å². The minimum atomic E-state index is -1.06. The van der Waals surface area contributed by atoms with Crippen LogP contribution >= 0.6 is 0 Å². The lowest BCUT2D eigenvalue weighted by Crippen LogP contribution is -2.45. The standard InChI is InChI=1S/C11H15N3O3/c1-12-7-10(15)14-9(11(16)17)5-8-3-2-4-13-6-8/h2-4,6,9,12H,5,7H2,1H3,(H,14,15)(H,16,17)/t9-/m0/s1. The van der Waals surface area contributed by atoms with E-state index in [1.165, 1.54) is 0 Å². The van der Waals surface area contributed by atoms with E-state index in [4.69, 9.17) is 5.11 Å². The summed E-state index contributed by atoms with van der Waals surface area (Å²) in [7, 11) is 1.62. The minimum absolute atomic E-state index is 0.0941. The van der Waals surface area contributed by atoms with Gasteiger partial charge in [-0.3, -0.25) is 9.78 Å². The Labute approximate surface area is 99.1 Å². The van der Waals surface area contributed by atoms with Crippen molar-refractivity contribution in [2.75, 3.05) is 13.6 Å². The molecule has 1 heterocycles. The average molecular weight is 237 g/mol. The van der Waals surface area contributed by atoms with E-state index in [2.05, 4.69) is 15.6 Å². The Bertz CT molecular complexity index is 381. The smallest absolute Gasteiger partial charge is 0.326 e. The predicted octanol–water partition coefficient (Wildman–Crippen LogP) is -0.587. The molecule has 0 saturated carbocycles. The second-order valence-electron chi connectivity index (χ2n) is 3.55. The Hall–Kier alpha value is -1.95. The van der Waals surface area contributed by atoms with Crippen LogP contribution in [-0.4, -0.2) is 41.6 Å². The van der Waals surface area contributed by atoms with Gasteiger partial charge in [-0.05, 0) is 18.7 Å². The molecule has 0 bridgehead atoms. The molecule has 1 amide bonds. The molecule has 17 heavy (non-hydrogen) atoms. The van der Waals surface area contributed by atoms with Crippen molar-refractivity contribution >= 4 is 11.9 Å². The number of carboxylic acids is 1. The Kier molecular flexibility index (Phi) is 5.09. The number of hydrogen-bond acceptors (Lipinski definition) is 4. The number of aromatic nitrogens is 1. The first kappa shape index (κ1) is 13.1. The van der Waals surface area contributed by atoms with Gasteiger partial charge in [0.15, 0.2) is 0 Å². The number of rotatable bonds is 6. The van der Waals surface area contributed by atoms with Crippen molar-refractivity contribution < 1.29 is 14.7 Å². The summed E-state index contributed by atoms with van der Waals surface area (Å²) in [5.74, 6) is -1.40. The number of nitrogens with zero attached hydrogens (tertiary/aromatic N) is 1. The zero-order chi connectivity index (χ0) is 12.7. The summed E-state index contributed by atoms with van der Waals surface area (Å²) in [5, 5.41) is 14.1. The molecule has 92 valence electrons. The van der Waals surface area contributed by atoms with Gasteiger partial charge in [0.05, 0.1) is 6.54 Å². The third-order valence-corrected chi connectivity index (χ3v) is 2.13. The van der Waals surface area contributed by atoms with E-state index in [1.54, 1.807) is 31.6 Å². The summed E-state index contributed by atoms with van der Waals surface area (Å²) in [6, 6.07) is 2.57. The summed E-state index contributed by atoms with van der Waals surface area (Å²) in [5.41, 5.74) is 0.768. The topological polar surface area (TPSA) is 91.3 Å². The first-order valence-corrected chi connectivity index (χ1v) is 5.19. The maximum absolute atomic E-state index is 11.3. The van der Waals surface area contributed by atoms with Gasteiger partial charge in [0.25, 0.3) is 0 Å². The van der Waals surface area contributed by atoms with Crippen molar-refractivity contribution in [3.63, 3.8) is 0 Å². The number of nitrogens with one attached hydrogen (secondary N) is 2. The summed E-state index contributed by atoms with van der Waals surface area (Å²) >= 11 is 0. The van der Waals surface area contributed by atoms with E-state index in [1.807, 2.05) is 0 Å². The van der Waals surface area contributed by atoms with E-state index < -0.39 is 12.0 Å². The van der Waals surface area contributed by atoms with Crippen molar-refractivity contribution in [1.29, 1.82) is 0 Å². The van der Waals surface area contributed by atoms with Crippen molar-refractivity contribution in [3.05, 3.63) is 30.1 Å². The summed E-state index contributed by atoms with van der Waals surface area (Å²) < 4.78 is 0. The molecule has 0 aromatic carbocycles. The van der Waals surface area contributed by atoms with Gasteiger partial charge in [0.2, 0.25) is 5.91 Å². The maximum Gasteiger partial charge on any atom is 0.326 e. The quantitative estimate of drug-likeness (QED) is 0.615. The van der Waals surface area contributed by atoms with Crippen LogP contribution in [-0.2, 0) is 16.0 Å². The fraction of sp³-hybridized carbons (Fsp3) is 0.364. The van der Waals surface area contributed by atoms with E-state index in [0.717, 1.165) is 5.56 Å². The highest BCUT2D eigenvalue weighted by Gasteiger charge is 2.19. The van der Waals surface area contributed by atoms with Gasteiger partial charge in [0, 0.05) is 18.8 Å². The molecule has 1 aromatic rings. The zero-order valence-corrected chi connectivity index (χ0v) is 9.51. The van der Waals surface area contributed by atoms with Crippen LogP contribution in [0.5, 0.6) is 0 Å². The normalized spacial score (nSPS) is 11.8. The zero-order valence-electron chi connectivity index (χ0n) is 9.51. The molecule has 6 nitrogen and oxygen atoms in total. The molecular weight excluding hydrogens is 222 g/mol. The van der Waals surface area contributed by atoms with Crippen LogP contribution in [0.1, 0.15) is 5.56 Å². The average Bonchev–Trinajstić information content (AvgIpc) is 2.29. The molecule has 1 aromatic heterocycles. The molecule has 0 saturated heterocycles. The van der Waals surface area contributed by atoms with Crippen LogP contribution in [0, 0.1) is 0 Å². The molecular formula is C11H15N3O3. The first-order chi connectivity index (χ1) is 8.13. The fourth-order valence-electron chi connectivity index (χ4n) is 1.36. The summed E-state index contributed by atoms with van der Waals surface area (Å²) in [4.78, 5) is 26.2. The molecule has 0 spiro atoms. The van der Waals surface area contributed by atoms with Crippen LogP contribution in [0.3, 0.4) is 0 Å². The van der Waals surface area contributed by atoms with Crippen LogP contribution in [0.15, 0.2) is 24.5 Å². The van der Waals surface area contributed by atoms with E-state index in [9.17, 15) is 9.59 Å². The first-order valence-electron chi connectivity index (χ1n) is 5.19. The van der Waals surface area contributed by atoms with Gasteiger partial charge in [-0.15, -0.1) is 0 Å². The van der Waals surface area contributed by atoms with Crippen LogP contribution in [0.4, 0.5) is 0 Å². The highest BCUT2D eigenvalue weighted by Crippen LogP contribution is 2.01. The third kappa shape index (κ3) is 4.60. The maximum atomic E-state index is 11.3. The molecule has 0 radical (unpaired) electrons. The second kappa shape index (κ2) is 6.59. The third-order valence-electron chi connectivity index (χ3n) is 2.13. The lowest BCUT2D eigenvalue weighted by molar-refractivity contribution is -0.141. The van der Waals surface area contributed by atoms with Gasteiger partial charge >= 0.3 is 5.97 Å². The van der Waals surface area contributed by atoms with Gasteiger partial charge in [-0.25, -0.2) is 4.79 Å². The Balaban J connectivity index is 2.61. The Morgan fingerprint density at radius 1 is 1.53 bits per heavy atom. The number of carbonyl (C=O) groups excluding carboxylic acids is 1. The van der Waals surface area contributed by atoms with E-state index >= 15 is 0 Å². The molecule has 0 aliphatic rings. The van der Waals surface area contributed by atoms with Gasteiger partial charge in [-0.1, -0.05) is 6.07 Å². The lowest BCUT2D eigenvalue weighted by Gasteiger charge is -2.14. The number of likely N-dealkylation sites (N-methyl/N-ethyl adjacent to an activating group) is 1. The van der Waals surface area contributed by atoms with E-state index in [-0.39, 0.29) is 18.9 Å². The number of carbonyl (C=O) groups is 2. The predicted molar refractivity (Wildman–Crippen MR) is 61.4 cm³/mol. The van der Waals surface area contributed by atoms with Crippen molar-refractivity contribution in [3.8, 4) is 0 Å². The molecule has 0 aliphatic heterocycles.